The van der Waals surface area contributed by atoms with Crippen LogP contribution in [0.25, 0.3) is 0 Å². The predicted molar refractivity (Wildman–Crippen MR) is 206 cm³/mol. The second-order valence-corrected chi connectivity index (χ2v) is 14.6. The molecule has 0 aromatic carbocycles. The van der Waals surface area contributed by atoms with Gasteiger partial charge in [-0.3, -0.25) is 9.32 Å². The van der Waals surface area contributed by atoms with Gasteiger partial charge in [-0.2, -0.15) is 0 Å². The second-order valence-electron chi connectivity index (χ2n) is 13.3. The van der Waals surface area contributed by atoms with Crippen LogP contribution in [0.15, 0.2) is 48.8 Å². The van der Waals surface area contributed by atoms with Crippen LogP contribution in [0, 0.1) is 0 Å². The zero-order chi connectivity index (χ0) is 35.9. The average Bonchev–Trinajstić information content (AvgIpc) is 3.07. The van der Waals surface area contributed by atoms with Crippen LogP contribution in [0.2, 0.25) is 0 Å². The Morgan fingerprint density at radius 2 is 0.959 bits per heavy atom. The topological polar surface area (TPSA) is 102 Å². The second kappa shape index (κ2) is 37.6. The third-order valence-corrected chi connectivity index (χ3v) is 8.93. The van der Waals surface area contributed by atoms with Crippen LogP contribution in [0.4, 0.5) is 0 Å². The maximum Gasteiger partial charge on any atom is 0.469 e. The molecule has 0 aromatic rings. The molecule has 2 N–H and O–H groups in total. The summed E-state index contributed by atoms with van der Waals surface area (Å²) in [7, 11) is -4.67. The molecule has 49 heavy (non-hydrogen) atoms. The Kier molecular flexibility index (Phi) is 36.3. The summed E-state index contributed by atoms with van der Waals surface area (Å²) < 4.78 is 26.7. The quantitative estimate of drug-likeness (QED) is 0.0217. The number of esters is 1. The summed E-state index contributed by atoms with van der Waals surface area (Å²) in [5.74, 6) is -0.406. The summed E-state index contributed by atoms with van der Waals surface area (Å²) in [4.78, 5) is 30.5. The maximum atomic E-state index is 12.4. The molecule has 8 heteroatoms. The van der Waals surface area contributed by atoms with E-state index in [0.29, 0.717) is 6.42 Å². The van der Waals surface area contributed by atoms with E-state index in [1.165, 1.54) is 109 Å². The molecule has 1 atom stereocenters. The Morgan fingerprint density at radius 1 is 0.551 bits per heavy atom. The van der Waals surface area contributed by atoms with Crippen molar-refractivity contribution in [3.8, 4) is 0 Å². The number of phosphoric acid groups is 1. The number of ether oxygens (including phenoxy) is 2. The normalized spacial score (nSPS) is 13.1. The molecule has 0 aliphatic rings. The van der Waals surface area contributed by atoms with Gasteiger partial charge in [-0.05, 0) is 63.9 Å². The highest BCUT2D eigenvalue weighted by molar-refractivity contribution is 7.46. The Balaban J connectivity index is 3.92. The van der Waals surface area contributed by atoms with E-state index in [-0.39, 0.29) is 13.0 Å². The van der Waals surface area contributed by atoms with Crippen molar-refractivity contribution >= 4 is 13.8 Å². The minimum absolute atomic E-state index is 0.0156. The van der Waals surface area contributed by atoms with Crippen molar-refractivity contribution in [3.63, 3.8) is 0 Å². The number of carbonyl (C=O) groups excluding carboxylic acids is 1. The monoisotopic (exact) mass is 711 g/mol. The van der Waals surface area contributed by atoms with Crippen molar-refractivity contribution in [2.24, 2.45) is 0 Å². The number of hydrogen-bond acceptors (Lipinski definition) is 5. The smallest absolute Gasteiger partial charge is 0.469 e. The third-order valence-electron chi connectivity index (χ3n) is 8.45. The van der Waals surface area contributed by atoms with Crippen LogP contribution in [0.3, 0.4) is 0 Å². The molecule has 0 unspecified atom stereocenters. The van der Waals surface area contributed by atoms with E-state index in [1.54, 1.807) is 6.26 Å². The first kappa shape index (κ1) is 47.3. The van der Waals surface area contributed by atoms with Gasteiger partial charge in [0.25, 0.3) is 0 Å². The molecule has 0 rings (SSSR count). The van der Waals surface area contributed by atoms with Gasteiger partial charge in [0.15, 0.2) is 6.10 Å². The molecule has 0 spiro atoms. The standard InChI is InChI=1S/C41H75O7P/c1-3-5-7-9-11-13-15-17-19-21-22-24-26-28-30-32-34-36-41(42)48-40(39-47-49(43,44)45)38-46-37-35-33-31-29-27-25-23-20-18-16-14-12-10-8-6-4-2/h11,13,17,19,22,24,35,37,40H,3-10,12,14-16,18,20-21,23,25-34,36,38-39H2,1-2H3,(H2,43,44,45)/b13-11-,19-17-,24-22-,37-35-/t40-/m1/s1. The number of phosphoric ester groups is 1. The summed E-state index contributed by atoms with van der Waals surface area (Å²) in [5.41, 5.74) is 0. The molecule has 0 fully saturated rings. The predicted octanol–water partition coefficient (Wildman–Crippen LogP) is 12.8. The fourth-order valence-electron chi connectivity index (χ4n) is 5.47. The average molecular weight is 711 g/mol. The lowest BCUT2D eigenvalue weighted by atomic mass is 10.0. The van der Waals surface area contributed by atoms with Crippen molar-refractivity contribution in [1.29, 1.82) is 0 Å². The third kappa shape index (κ3) is 40.7. The molecular formula is C41H75O7P. The maximum absolute atomic E-state index is 12.4. The molecule has 0 saturated heterocycles. The van der Waals surface area contributed by atoms with Gasteiger partial charge >= 0.3 is 13.8 Å². The van der Waals surface area contributed by atoms with Crippen LogP contribution >= 0.6 is 7.82 Å². The van der Waals surface area contributed by atoms with E-state index < -0.39 is 26.5 Å². The first-order valence-electron chi connectivity index (χ1n) is 20.0. The van der Waals surface area contributed by atoms with Crippen molar-refractivity contribution in [1.82, 2.24) is 0 Å². The summed E-state index contributed by atoms with van der Waals surface area (Å²) in [6, 6.07) is 0. The summed E-state index contributed by atoms with van der Waals surface area (Å²) in [6.07, 6.45) is 47.6. The van der Waals surface area contributed by atoms with Gasteiger partial charge in [-0.1, -0.05) is 159 Å². The SMILES string of the molecule is CCCCC/C=C\C/C=C\C/C=C\CCCCCCC(=O)O[C@H](CO/C=C\CCCCCCCCCCCCCCCC)COP(=O)(O)O. The molecule has 0 aromatic heterocycles. The number of allylic oxidation sites excluding steroid dienone is 7. The Hall–Kier alpha value is -1.66. The van der Waals surface area contributed by atoms with Crippen LogP contribution in [0.1, 0.15) is 187 Å². The molecule has 286 valence electrons. The highest BCUT2D eigenvalue weighted by Crippen LogP contribution is 2.36. The molecule has 0 amide bonds. The first-order chi connectivity index (χ1) is 23.9. The van der Waals surface area contributed by atoms with Crippen molar-refractivity contribution in [2.45, 2.75) is 193 Å². The van der Waals surface area contributed by atoms with Crippen molar-refractivity contribution in [2.75, 3.05) is 13.2 Å². The highest BCUT2D eigenvalue weighted by atomic mass is 31.2. The van der Waals surface area contributed by atoms with Crippen molar-refractivity contribution < 1.29 is 33.1 Å². The summed E-state index contributed by atoms with van der Waals surface area (Å²) in [6.45, 7) is 4.06. The number of carbonyl (C=O) groups is 1. The molecule has 0 heterocycles. The van der Waals surface area contributed by atoms with Gasteiger partial charge < -0.3 is 19.3 Å². The molecule has 7 nitrogen and oxygen atoms in total. The molecule has 0 saturated carbocycles. The molecule has 0 aliphatic heterocycles. The van der Waals surface area contributed by atoms with Crippen LogP contribution < -0.4 is 0 Å². The van der Waals surface area contributed by atoms with Gasteiger partial charge in [0.05, 0.1) is 12.9 Å². The van der Waals surface area contributed by atoms with E-state index in [9.17, 15) is 9.36 Å². The van der Waals surface area contributed by atoms with E-state index in [0.717, 1.165) is 51.4 Å². The lowest BCUT2D eigenvalue weighted by Crippen LogP contribution is -2.27. The van der Waals surface area contributed by atoms with E-state index in [1.807, 2.05) is 6.08 Å². The first-order valence-corrected chi connectivity index (χ1v) is 21.5. The van der Waals surface area contributed by atoms with Crippen LogP contribution in [0.5, 0.6) is 0 Å². The van der Waals surface area contributed by atoms with Crippen LogP contribution in [-0.2, 0) is 23.4 Å². The highest BCUT2D eigenvalue weighted by Gasteiger charge is 2.21. The molecule has 0 radical (unpaired) electrons. The minimum Gasteiger partial charge on any atom is -0.498 e. The van der Waals surface area contributed by atoms with E-state index in [4.69, 9.17) is 19.3 Å². The lowest BCUT2D eigenvalue weighted by molar-refractivity contribution is -0.153. The fourth-order valence-corrected chi connectivity index (χ4v) is 5.83. The fraction of sp³-hybridized carbons (Fsp3) is 0.780. The number of unbranched alkanes of at least 4 members (excludes halogenated alkanes) is 21. The van der Waals surface area contributed by atoms with Gasteiger partial charge in [0.1, 0.15) is 6.61 Å². The Labute approximate surface area is 301 Å². The molecule has 0 aliphatic carbocycles. The number of hydrogen-bond donors (Lipinski definition) is 2. The largest absolute Gasteiger partial charge is 0.498 e. The molecule has 0 bridgehead atoms. The minimum atomic E-state index is -4.67. The van der Waals surface area contributed by atoms with Gasteiger partial charge in [0.2, 0.25) is 0 Å². The van der Waals surface area contributed by atoms with Gasteiger partial charge in [-0.15, -0.1) is 0 Å². The lowest BCUT2D eigenvalue weighted by Gasteiger charge is -2.18. The Morgan fingerprint density at radius 3 is 1.47 bits per heavy atom. The van der Waals surface area contributed by atoms with Crippen molar-refractivity contribution in [3.05, 3.63) is 48.8 Å². The summed E-state index contributed by atoms with van der Waals surface area (Å²) in [5, 5.41) is 0. The van der Waals surface area contributed by atoms with E-state index in [2.05, 4.69) is 54.8 Å². The van der Waals surface area contributed by atoms with Gasteiger partial charge in [-0.25, -0.2) is 4.57 Å². The number of rotatable bonds is 37. The molecular weight excluding hydrogens is 635 g/mol. The van der Waals surface area contributed by atoms with Gasteiger partial charge in [0, 0.05) is 6.42 Å². The Bertz CT molecular complexity index is 877. The van der Waals surface area contributed by atoms with E-state index >= 15 is 0 Å². The zero-order valence-corrected chi connectivity index (χ0v) is 32.5. The summed E-state index contributed by atoms with van der Waals surface area (Å²) >= 11 is 0. The zero-order valence-electron chi connectivity index (χ0n) is 31.6. The van der Waals surface area contributed by atoms with Crippen LogP contribution in [-0.4, -0.2) is 35.1 Å².